The van der Waals surface area contributed by atoms with E-state index in [1.807, 2.05) is 54.7 Å². The van der Waals surface area contributed by atoms with Crippen molar-refractivity contribution in [1.29, 1.82) is 0 Å². The van der Waals surface area contributed by atoms with E-state index < -0.39 is 0 Å². The minimum Gasteiger partial charge on any atom is -0.372 e. The number of hydrogen-bond acceptors (Lipinski definition) is 6. The Morgan fingerprint density at radius 1 is 0.522 bits per heavy atom. The van der Waals surface area contributed by atoms with E-state index in [9.17, 15) is 0 Å². The van der Waals surface area contributed by atoms with E-state index >= 15 is 0 Å². The first-order chi connectivity index (χ1) is 22.6. The molecule has 0 amide bonds. The van der Waals surface area contributed by atoms with E-state index in [4.69, 9.17) is 0 Å². The predicted octanol–water partition coefficient (Wildman–Crippen LogP) is 12.7. The van der Waals surface area contributed by atoms with E-state index in [1.165, 1.54) is 31.4 Å². The Kier molecular flexibility index (Phi) is 13.8. The minimum absolute atomic E-state index is 0.798. The van der Waals surface area contributed by atoms with Gasteiger partial charge in [0.1, 0.15) is 0 Å². The number of unbranched alkanes of at least 4 members (excludes halogenated alkanes) is 3. The zero-order chi connectivity index (χ0) is 32.4. The first-order valence-corrected chi connectivity index (χ1v) is 16.5. The third-order valence-electron chi connectivity index (χ3n) is 7.66. The predicted molar refractivity (Wildman–Crippen MR) is 195 cm³/mol. The molecule has 0 aliphatic heterocycles. The van der Waals surface area contributed by atoms with Gasteiger partial charge in [-0.05, 0) is 110 Å². The van der Waals surface area contributed by atoms with Crippen LogP contribution in [-0.4, -0.2) is 19.6 Å². The zero-order valence-electron chi connectivity index (χ0n) is 27.6. The highest BCUT2D eigenvalue weighted by atomic mass is 15.1. The molecule has 4 aromatic rings. The molecular formula is C40H46N6. The lowest BCUT2D eigenvalue weighted by Crippen LogP contribution is -2.25. The van der Waals surface area contributed by atoms with E-state index in [-0.39, 0.29) is 0 Å². The molecule has 0 aromatic heterocycles. The lowest BCUT2D eigenvalue weighted by Gasteiger charge is -2.24. The van der Waals surface area contributed by atoms with Crippen LogP contribution in [0.3, 0.4) is 0 Å². The topological polar surface area (TPSA) is 55.9 Å². The number of benzene rings is 4. The second-order valence-electron chi connectivity index (χ2n) is 11.2. The van der Waals surface area contributed by atoms with E-state index in [0.717, 1.165) is 72.0 Å². The lowest BCUT2D eigenvalue weighted by molar-refractivity contribution is 0.678. The molecule has 0 radical (unpaired) electrons. The summed E-state index contributed by atoms with van der Waals surface area (Å²) in [5, 5.41) is 17.8. The van der Waals surface area contributed by atoms with Gasteiger partial charge in [0, 0.05) is 31.0 Å². The Balaban J connectivity index is 1.34. The molecule has 0 atom stereocenters. The smallest absolute Gasteiger partial charge is 0.0858 e. The zero-order valence-corrected chi connectivity index (χ0v) is 27.6. The van der Waals surface area contributed by atoms with Crippen molar-refractivity contribution in [2.75, 3.05) is 29.4 Å². The first kappa shape index (κ1) is 33.9. The number of azo groups is 2. The second kappa shape index (κ2) is 18.7. The van der Waals surface area contributed by atoms with Crippen LogP contribution in [0.5, 0.6) is 0 Å². The molecule has 46 heavy (non-hydrogen) atoms. The maximum absolute atomic E-state index is 4.47. The van der Waals surface area contributed by atoms with Crippen molar-refractivity contribution in [2.45, 2.75) is 59.3 Å². The summed E-state index contributed by atoms with van der Waals surface area (Å²) in [4.78, 5) is 4.62. The molecule has 4 rings (SSSR count). The van der Waals surface area contributed by atoms with Crippen molar-refractivity contribution in [1.82, 2.24) is 0 Å². The van der Waals surface area contributed by atoms with Crippen LogP contribution in [-0.2, 0) is 0 Å². The summed E-state index contributed by atoms with van der Waals surface area (Å²) >= 11 is 0. The monoisotopic (exact) mass is 610 g/mol. The van der Waals surface area contributed by atoms with Gasteiger partial charge in [0.2, 0.25) is 0 Å². The molecule has 0 N–H and O–H groups in total. The van der Waals surface area contributed by atoms with E-state index in [0.29, 0.717) is 0 Å². The molecule has 236 valence electrons. The van der Waals surface area contributed by atoms with Gasteiger partial charge in [-0.1, -0.05) is 75.8 Å². The Morgan fingerprint density at radius 2 is 0.891 bits per heavy atom. The summed E-state index contributed by atoms with van der Waals surface area (Å²) in [5.74, 6) is 0. The Morgan fingerprint density at radius 3 is 1.28 bits per heavy atom. The fourth-order valence-corrected chi connectivity index (χ4v) is 4.90. The largest absolute Gasteiger partial charge is 0.372 e. The summed E-state index contributed by atoms with van der Waals surface area (Å²) in [6.45, 7) is 13.4. The van der Waals surface area contributed by atoms with Crippen LogP contribution in [0.15, 0.2) is 142 Å². The quantitative estimate of drug-likeness (QED) is 0.0882. The Hall–Kier alpha value is -5.02. The number of hydrogen-bond donors (Lipinski definition) is 0. The maximum Gasteiger partial charge on any atom is 0.0858 e. The maximum atomic E-state index is 4.47. The van der Waals surface area contributed by atoms with Gasteiger partial charge >= 0.3 is 0 Å². The molecule has 4 aromatic carbocycles. The molecule has 0 heterocycles. The number of anilines is 2. The van der Waals surface area contributed by atoms with E-state index in [1.54, 1.807) is 0 Å². The summed E-state index contributed by atoms with van der Waals surface area (Å²) in [6, 6.07) is 32.7. The highest BCUT2D eigenvalue weighted by Gasteiger charge is 2.06. The Bertz CT molecular complexity index is 1600. The van der Waals surface area contributed by atoms with Crippen LogP contribution in [0.25, 0.3) is 11.1 Å². The van der Waals surface area contributed by atoms with Crippen molar-refractivity contribution in [2.24, 2.45) is 20.5 Å². The summed E-state index contributed by atoms with van der Waals surface area (Å²) < 4.78 is 0. The van der Waals surface area contributed by atoms with Crippen LogP contribution < -0.4 is 9.80 Å². The minimum atomic E-state index is 0.798. The van der Waals surface area contributed by atoms with Crippen LogP contribution >= 0.6 is 0 Å². The highest BCUT2D eigenvalue weighted by Crippen LogP contribution is 2.28. The number of nitrogens with zero attached hydrogens (tertiary/aromatic N) is 6. The lowest BCUT2D eigenvalue weighted by atomic mass is 10.1. The molecule has 0 saturated heterocycles. The van der Waals surface area contributed by atoms with Crippen molar-refractivity contribution in [3.05, 3.63) is 121 Å². The fourth-order valence-electron chi connectivity index (χ4n) is 4.90. The van der Waals surface area contributed by atoms with Gasteiger partial charge in [0.25, 0.3) is 0 Å². The summed E-state index contributed by atoms with van der Waals surface area (Å²) in [5.41, 5.74) is 13.5. The normalized spacial score (nSPS) is 11.0. The molecule has 0 spiro atoms. The van der Waals surface area contributed by atoms with Gasteiger partial charge < -0.3 is 9.80 Å². The summed E-state index contributed by atoms with van der Waals surface area (Å²) in [6.07, 6.45) is 8.92. The second-order valence-corrected chi connectivity index (χ2v) is 11.2. The van der Waals surface area contributed by atoms with Crippen LogP contribution in [0.1, 0.15) is 59.3 Å². The van der Waals surface area contributed by atoms with Crippen molar-refractivity contribution < 1.29 is 0 Å². The molecule has 0 aliphatic rings. The third kappa shape index (κ3) is 10.6. The fraction of sp³-hybridized carbons (Fsp3) is 0.300. The van der Waals surface area contributed by atoms with Crippen LogP contribution in [0.2, 0.25) is 0 Å². The molecular weight excluding hydrogens is 564 g/mol. The van der Waals surface area contributed by atoms with E-state index in [2.05, 4.69) is 118 Å². The Labute approximate surface area is 275 Å². The van der Waals surface area contributed by atoms with Gasteiger partial charge in [-0.15, -0.1) is 0 Å². The highest BCUT2D eigenvalue weighted by molar-refractivity contribution is 5.67. The molecule has 0 saturated carbocycles. The van der Waals surface area contributed by atoms with Crippen molar-refractivity contribution in [3.8, 4) is 11.1 Å². The van der Waals surface area contributed by atoms with Gasteiger partial charge in [0.15, 0.2) is 0 Å². The molecule has 0 aliphatic carbocycles. The van der Waals surface area contributed by atoms with Crippen LogP contribution in [0, 0.1) is 0 Å². The molecule has 0 unspecified atom stereocenters. The third-order valence-corrected chi connectivity index (χ3v) is 7.66. The van der Waals surface area contributed by atoms with Gasteiger partial charge in [-0.25, -0.2) is 0 Å². The standard InChI is InChI=1S/C40H46N6/c1-5-9-29-45(30-10-6-2)39-25-21-37(22-26-39)43-41-35-17-13-33(14-18-35)34-15-19-36(20-16-34)42-44-38-23-27-40(28-24-38)46(31-11-7-3)32-12-8-4/h13-29H,1,6-8,10-12,30-32H2,2-4H3. The van der Waals surface area contributed by atoms with Gasteiger partial charge in [0.05, 0.1) is 28.9 Å². The van der Waals surface area contributed by atoms with Gasteiger partial charge in [-0.3, -0.25) is 0 Å². The number of rotatable bonds is 17. The molecule has 6 heteroatoms. The van der Waals surface area contributed by atoms with Crippen LogP contribution in [0.4, 0.5) is 34.1 Å². The molecule has 6 nitrogen and oxygen atoms in total. The SMILES string of the molecule is C=C=C=CN(CCCC)c1ccc(N=Nc2ccc(-c3ccc(N=Nc4ccc(N(CCCC)CCCC)cc4)cc3)cc2)cc1. The molecule has 0 bridgehead atoms. The van der Waals surface area contributed by atoms with Gasteiger partial charge in [-0.2, -0.15) is 20.5 Å². The van der Waals surface area contributed by atoms with Crippen molar-refractivity contribution in [3.63, 3.8) is 0 Å². The first-order valence-electron chi connectivity index (χ1n) is 16.5. The average Bonchev–Trinajstić information content (AvgIpc) is 3.11. The summed E-state index contributed by atoms with van der Waals surface area (Å²) in [7, 11) is 0. The molecule has 0 fully saturated rings. The van der Waals surface area contributed by atoms with Crippen molar-refractivity contribution >= 4 is 34.1 Å². The average molecular weight is 611 g/mol.